The van der Waals surface area contributed by atoms with Crippen LogP contribution in [0.3, 0.4) is 0 Å². The zero-order chi connectivity index (χ0) is 8.43. The van der Waals surface area contributed by atoms with Gasteiger partial charge in [-0.25, -0.2) is 4.79 Å². The van der Waals surface area contributed by atoms with Crippen molar-refractivity contribution in [2.75, 3.05) is 0 Å². The molecule has 1 heterocycles. The lowest BCUT2D eigenvalue weighted by Crippen LogP contribution is -2.21. The molecule has 0 aromatic heterocycles. The molecule has 0 aliphatic carbocycles. The molecule has 0 fully saturated rings. The molecule has 1 N–H and O–H groups in total. The van der Waals surface area contributed by atoms with E-state index in [2.05, 4.69) is 0 Å². The Morgan fingerprint density at radius 3 is 2.82 bits per heavy atom. The molecule has 1 rings (SSSR count). The summed E-state index contributed by atoms with van der Waals surface area (Å²) in [5.41, 5.74) is 0.378. The maximum absolute atomic E-state index is 10.5. The monoisotopic (exact) mass is 156 g/mol. The minimum Gasteiger partial charge on any atom is -0.498 e. The van der Waals surface area contributed by atoms with Gasteiger partial charge in [0.15, 0.2) is 0 Å². The van der Waals surface area contributed by atoms with Gasteiger partial charge in [0.05, 0.1) is 17.9 Å². The average molecular weight is 156 g/mol. The van der Waals surface area contributed by atoms with E-state index in [1.54, 1.807) is 0 Å². The Morgan fingerprint density at radius 1 is 1.73 bits per heavy atom. The summed E-state index contributed by atoms with van der Waals surface area (Å²) < 4.78 is 5.08. The minimum absolute atomic E-state index is 0.108. The second kappa shape index (κ2) is 2.95. The van der Waals surface area contributed by atoms with Crippen LogP contribution in [0.15, 0.2) is 11.8 Å². The molecule has 2 unspecified atom stereocenters. The molecule has 11 heavy (non-hydrogen) atoms. The smallest absolute Gasteiger partial charge is 0.334 e. The van der Waals surface area contributed by atoms with Gasteiger partial charge in [-0.05, 0) is 19.3 Å². The molecule has 62 valence electrons. The molecule has 0 spiro atoms. The highest BCUT2D eigenvalue weighted by atomic mass is 16.5. The summed E-state index contributed by atoms with van der Waals surface area (Å²) in [5, 5.41) is 8.65. The van der Waals surface area contributed by atoms with E-state index in [0.29, 0.717) is 5.57 Å². The van der Waals surface area contributed by atoms with E-state index in [1.165, 1.54) is 6.26 Å². The fourth-order valence-corrected chi connectivity index (χ4v) is 1.25. The molecule has 0 bridgehead atoms. The summed E-state index contributed by atoms with van der Waals surface area (Å²) in [6.07, 6.45) is 2.30. The first-order chi connectivity index (χ1) is 5.11. The van der Waals surface area contributed by atoms with E-state index in [-0.39, 0.29) is 12.0 Å². The van der Waals surface area contributed by atoms with Crippen molar-refractivity contribution in [3.8, 4) is 0 Å². The molecule has 0 saturated carbocycles. The van der Waals surface area contributed by atoms with Gasteiger partial charge in [-0.3, -0.25) is 0 Å². The van der Waals surface area contributed by atoms with Gasteiger partial charge in [0.1, 0.15) is 0 Å². The van der Waals surface area contributed by atoms with Crippen molar-refractivity contribution < 1.29 is 14.6 Å². The lowest BCUT2D eigenvalue weighted by molar-refractivity contribution is -0.133. The highest BCUT2D eigenvalue weighted by molar-refractivity contribution is 5.86. The maximum Gasteiger partial charge on any atom is 0.334 e. The van der Waals surface area contributed by atoms with E-state index in [9.17, 15) is 4.79 Å². The van der Waals surface area contributed by atoms with Crippen LogP contribution in [0.1, 0.15) is 20.3 Å². The van der Waals surface area contributed by atoms with E-state index in [1.807, 2.05) is 13.8 Å². The number of carboxylic acids is 1. The second-order valence-corrected chi connectivity index (χ2v) is 2.96. The van der Waals surface area contributed by atoms with Crippen molar-refractivity contribution >= 4 is 5.97 Å². The van der Waals surface area contributed by atoms with Gasteiger partial charge in [0.25, 0.3) is 0 Å². The molecule has 3 nitrogen and oxygen atoms in total. The first-order valence-electron chi connectivity index (χ1n) is 3.70. The molecule has 0 saturated heterocycles. The summed E-state index contributed by atoms with van der Waals surface area (Å²) >= 11 is 0. The molecule has 1 aliphatic rings. The van der Waals surface area contributed by atoms with Gasteiger partial charge in [-0.2, -0.15) is 0 Å². The van der Waals surface area contributed by atoms with Crippen LogP contribution in [-0.2, 0) is 9.53 Å². The fourth-order valence-electron chi connectivity index (χ4n) is 1.25. The van der Waals surface area contributed by atoms with Crippen molar-refractivity contribution in [2.45, 2.75) is 26.4 Å². The third-order valence-corrected chi connectivity index (χ3v) is 1.89. The summed E-state index contributed by atoms with van der Waals surface area (Å²) in [6, 6.07) is 0. The zero-order valence-corrected chi connectivity index (χ0v) is 6.70. The van der Waals surface area contributed by atoms with Crippen LogP contribution in [0.25, 0.3) is 0 Å². The molecular weight excluding hydrogens is 144 g/mol. The van der Waals surface area contributed by atoms with Crippen LogP contribution < -0.4 is 0 Å². The van der Waals surface area contributed by atoms with Crippen molar-refractivity contribution in [1.29, 1.82) is 0 Å². The lowest BCUT2D eigenvalue weighted by atomic mass is 9.94. The van der Waals surface area contributed by atoms with Crippen LogP contribution in [0.4, 0.5) is 0 Å². The molecule has 0 aromatic carbocycles. The number of hydrogen-bond donors (Lipinski definition) is 1. The highest BCUT2D eigenvalue weighted by Crippen LogP contribution is 2.23. The third-order valence-electron chi connectivity index (χ3n) is 1.89. The number of ether oxygens (including phenoxy) is 1. The largest absolute Gasteiger partial charge is 0.498 e. The molecule has 0 aromatic rings. The number of rotatable bonds is 1. The van der Waals surface area contributed by atoms with Gasteiger partial charge < -0.3 is 9.84 Å². The highest BCUT2D eigenvalue weighted by Gasteiger charge is 2.23. The van der Waals surface area contributed by atoms with Crippen molar-refractivity contribution in [1.82, 2.24) is 0 Å². The van der Waals surface area contributed by atoms with Gasteiger partial charge >= 0.3 is 5.97 Å². The summed E-state index contributed by atoms with van der Waals surface area (Å²) in [7, 11) is 0. The molecule has 0 amide bonds. The predicted molar refractivity (Wildman–Crippen MR) is 40.0 cm³/mol. The Kier molecular flexibility index (Phi) is 2.17. The Balaban J connectivity index is 2.72. The predicted octanol–water partition coefficient (Wildman–Crippen LogP) is 1.40. The van der Waals surface area contributed by atoms with Crippen LogP contribution in [-0.4, -0.2) is 17.2 Å². The molecule has 3 heteroatoms. The first-order valence-corrected chi connectivity index (χ1v) is 3.70. The van der Waals surface area contributed by atoms with Crippen LogP contribution in [0, 0.1) is 5.92 Å². The summed E-state index contributed by atoms with van der Waals surface area (Å²) in [4.78, 5) is 10.5. The fraction of sp³-hybridized carbons (Fsp3) is 0.625. The SMILES string of the molecule is CC1CC(C)C(C(=O)O)=CO1. The Morgan fingerprint density at radius 2 is 2.36 bits per heavy atom. The quantitative estimate of drug-likeness (QED) is 0.624. The topological polar surface area (TPSA) is 46.5 Å². The normalized spacial score (nSPS) is 30.5. The van der Waals surface area contributed by atoms with Crippen molar-refractivity contribution in [3.05, 3.63) is 11.8 Å². The number of carboxylic acid groups (broad SMARTS) is 1. The molecule has 2 atom stereocenters. The standard InChI is InChI=1S/C8H12O3/c1-5-3-6(2)11-4-7(5)8(9)10/h4-6H,3H2,1-2H3,(H,9,10). The van der Waals surface area contributed by atoms with Gasteiger partial charge in [0, 0.05) is 0 Å². The average Bonchev–Trinajstić information content (AvgIpc) is 1.85. The van der Waals surface area contributed by atoms with Gasteiger partial charge in [-0.15, -0.1) is 0 Å². The number of hydrogen-bond acceptors (Lipinski definition) is 2. The van der Waals surface area contributed by atoms with E-state index in [4.69, 9.17) is 9.84 Å². The Labute approximate surface area is 65.7 Å². The summed E-state index contributed by atoms with van der Waals surface area (Å²) in [5.74, 6) is -0.763. The lowest BCUT2D eigenvalue weighted by Gasteiger charge is -2.23. The molecule has 0 radical (unpaired) electrons. The van der Waals surface area contributed by atoms with Crippen LogP contribution in [0.2, 0.25) is 0 Å². The van der Waals surface area contributed by atoms with Crippen LogP contribution >= 0.6 is 0 Å². The zero-order valence-electron chi connectivity index (χ0n) is 6.70. The third kappa shape index (κ3) is 1.73. The number of aliphatic carboxylic acids is 1. The van der Waals surface area contributed by atoms with Gasteiger partial charge in [-0.1, -0.05) is 6.92 Å². The molecule has 1 aliphatic heterocycles. The molecular formula is C8H12O3. The first kappa shape index (κ1) is 8.11. The summed E-state index contributed by atoms with van der Waals surface area (Å²) in [6.45, 7) is 3.84. The van der Waals surface area contributed by atoms with E-state index in [0.717, 1.165) is 6.42 Å². The number of carbonyl (C=O) groups is 1. The van der Waals surface area contributed by atoms with Gasteiger partial charge in [0.2, 0.25) is 0 Å². The second-order valence-electron chi connectivity index (χ2n) is 2.96. The Hall–Kier alpha value is -0.990. The minimum atomic E-state index is -0.871. The van der Waals surface area contributed by atoms with E-state index < -0.39 is 5.97 Å². The Bertz CT molecular complexity index is 196. The van der Waals surface area contributed by atoms with Crippen LogP contribution in [0.5, 0.6) is 0 Å². The van der Waals surface area contributed by atoms with Crippen molar-refractivity contribution in [3.63, 3.8) is 0 Å². The maximum atomic E-state index is 10.5. The van der Waals surface area contributed by atoms with Crippen molar-refractivity contribution in [2.24, 2.45) is 5.92 Å². The van der Waals surface area contributed by atoms with E-state index >= 15 is 0 Å².